The predicted octanol–water partition coefficient (Wildman–Crippen LogP) is 0.132. The van der Waals surface area contributed by atoms with E-state index in [1.807, 2.05) is 0 Å². The zero-order valence-electron chi connectivity index (χ0n) is 9.76. The van der Waals surface area contributed by atoms with E-state index in [9.17, 15) is 8.42 Å². The fraction of sp³-hybridized carbons (Fsp3) is 0.455. The van der Waals surface area contributed by atoms with Crippen LogP contribution in [0.15, 0.2) is 29.2 Å². The molecule has 5 nitrogen and oxygen atoms in total. The van der Waals surface area contributed by atoms with Crippen molar-refractivity contribution >= 4 is 15.7 Å². The van der Waals surface area contributed by atoms with Gasteiger partial charge in [0.15, 0.2) is 0 Å². The molecule has 0 aliphatic carbocycles. The fourth-order valence-electron chi connectivity index (χ4n) is 2.01. The van der Waals surface area contributed by atoms with Gasteiger partial charge in [-0.1, -0.05) is 0 Å². The molecular formula is C11H17N3O2S. The molecule has 1 aliphatic heterocycles. The van der Waals surface area contributed by atoms with Crippen LogP contribution < -0.4 is 15.4 Å². The van der Waals surface area contributed by atoms with E-state index in [1.54, 1.807) is 24.3 Å². The Morgan fingerprint density at radius 2 is 2.00 bits per heavy atom. The molecular weight excluding hydrogens is 238 g/mol. The van der Waals surface area contributed by atoms with Gasteiger partial charge in [0, 0.05) is 31.4 Å². The molecule has 1 heterocycles. The highest BCUT2D eigenvalue weighted by molar-refractivity contribution is 7.89. The van der Waals surface area contributed by atoms with Crippen molar-refractivity contribution in [2.75, 3.05) is 24.5 Å². The zero-order chi connectivity index (χ0) is 12.5. The molecule has 17 heavy (non-hydrogen) atoms. The van der Waals surface area contributed by atoms with Crippen molar-refractivity contribution < 1.29 is 8.42 Å². The lowest BCUT2D eigenvalue weighted by atomic mass is 10.2. The normalized spacial score (nSPS) is 21.5. The van der Waals surface area contributed by atoms with Gasteiger partial charge in [0.2, 0.25) is 10.0 Å². The Balaban J connectivity index is 2.18. The number of benzene rings is 1. The molecule has 0 bridgehead atoms. The van der Waals surface area contributed by atoms with Crippen LogP contribution in [0.1, 0.15) is 6.92 Å². The van der Waals surface area contributed by atoms with Crippen LogP contribution >= 0.6 is 0 Å². The Kier molecular flexibility index (Phi) is 3.37. The quantitative estimate of drug-likeness (QED) is 0.788. The van der Waals surface area contributed by atoms with E-state index < -0.39 is 10.0 Å². The second-order valence-corrected chi connectivity index (χ2v) is 5.90. The SMILES string of the molecule is C[C@@H]1CN(c2ccc(S(N)(=O)=O)cc2)CCN1. The molecule has 94 valence electrons. The van der Waals surface area contributed by atoms with E-state index in [2.05, 4.69) is 17.1 Å². The standard InChI is InChI=1S/C11H17N3O2S/c1-9-8-14(7-6-13-9)10-2-4-11(5-3-10)17(12,15)16/h2-5,9,13H,6-8H2,1H3,(H2,12,15,16)/t9-/m1/s1. The Hall–Kier alpha value is -1.11. The summed E-state index contributed by atoms with van der Waals surface area (Å²) in [4.78, 5) is 2.39. The van der Waals surface area contributed by atoms with E-state index in [0.29, 0.717) is 6.04 Å². The average molecular weight is 255 g/mol. The number of primary sulfonamides is 1. The number of anilines is 1. The molecule has 0 radical (unpaired) electrons. The minimum Gasteiger partial charge on any atom is -0.369 e. The largest absolute Gasteiger partial charge is 0.369 e. The lowest BCUT2D eigenvalue weighted by molar-refractivity contribution is 0.485. The summed E-state index contributed by atoms with van der Waals surface area (Å²) < 4.78 is 22.3. The summed E-state index contributed by atoms with van der Waals surface area (Å²) in [6.45, 7) is 4.93. The molecule has 1 aromatic rings. The Bertz CT molecular complexity index is 484. The first-order valence-corrected chi connectivity index (χ1v) is 7.12. The van der Waals surface area contributed by atoms with Crippen LogP contribution in [0.3, 0.4) is 0 Å². The van der Waals surface area contributed by atoms with E-state index in [0.717, 1.165) is 25.3 Å². The van der Waals surface area contributed by atoms with Crippen molar-refractivity contribution in [1.29, 1.82) is 0 Å². The lowest BCUT2D eigenvalue weighted by Gasteiger charge is -2.33. The number of hydrogen-bond donors (Lipinski definition) is 2. The Labute approximate surface area is 102 Å². The predicted molar refractivity (Wildman–Crippen MR) is 67.5 cm³/mol. The van der Waals surface area contributed by atoms with Crippen molar-refractivity contribution in [2.24, 2.45) is 5.14 Å². The molecule has 1 saturated heterocycles. The van der Waals surface area contributed by atoms with Gasteiger partial charge < -0.3 is 10.2 Å². The molecule has 0 amide bonds. The van der Waals surface area contributed by atoms with Crippen molar-refractivity contribution in [3.8, 4) is 0 Å². The van der Waals surface area contributed by atoms with Crippen LogP contribution in [0.2, 0.25) is 0 Å². The summed E-state index contributed by atoms with van der Waals surface area (Å²) in [5.74, 6) is 0. The molecule has 1 atom stereocenters. The second kappa shape index (κ2) is 4.64. The molecule has 1 aromatic carbocycles. The average Bonchev–Trinajstić information content (AvgIpc) is 2.28. The summed E-state index contributed by atoms with van der Waals surface area (Å²) in [6, 6.07) is 7.16. The molecule has 0 spiro atoms. The number of nitrogens with one attached hydrogen (secondary N) is 1. The van der Waals surface area contributed by atoms with Gasteiger partial charge in [-0.3, -0.25) is 0 Å². The minimum absolute atomic E-state index is 0.157. The maximum Gasteiger partial charge on any atom is 0.238 e. The third kappa shape index (κ3) is 2.96. The number of piperazine rings is 1. The minimum atomic E-state index is -3.59. The van der Waals surface area contributed by atoms with E-state index in [1.165, 1.54) is 0 Å². The highest BCUT2D eigenvalue weighted by Gasteiger charge is 2.16. The Morgan fingerprint density at radius 3 is 2.53 bits per heavy atom. The molecule has 0 saturated carbocycles. The first-order valence-electron chi connectivity index (χ1n) is 5.58. The van der Waals surface area contributed by atoms with Gasteiger partial charge in [0.25, 0.3) is 0 Å². The molecule has 0 unspecified atom stereocenters. The lowest BCUT2D eigenvalue weighted by Crippen LogP contribution is -2.49. The fourth-order valence-corrected chi connectivity index (χ4v) is 2.53. The number of rotatable bonds is 2. The van der Waals surface area contributed by atoms with E-state index in [-0.39, 0.29) is 4.90 Å². The van der Waals surface area contributed by atoms with Gasteiger partial charge in [-0.05, 0) is 31.2 Å². The first kappa shape index (κ1) is 12.3. The summed E-state index contributed by atoms with van der Waals surface area (Å²) in [5.41, 5.74) is 1.03. The smallest absolute Gasteiger partial charge is 0.238 e. The molecule has 1 fully saturated rings. The van der Waals surface area contributed by atoms with E-state index >= 15 is 0 Å². The van der Waals surface area contributed by atoms with Crippen LogP contribution in [-0.2, 0) is 10.0 Å². The van der Waals surface area contributed by atoms with Crippen LogP contribution in [-0.4, -0.2) is 34.1 Å². The summed E-state index contributed by atoms with van der Waals surface area (Å²) in [5, 5.41) is 8.42. The maximum absolute atomic E-state index is 11.1. The zero-order valence-corrected chi connectivity index (χ0v) is 10.6. The summed E-state index contributed by atoms with van der Waals surface area (Å²) in [6.07, 6.45) is 0. The summed E-state index contributed by atoms with van der Waals surface area (Å²) >= 11 is 0. The monoisotopic (exact) mass is 255 g/mol. The van der Waals surface area contributed by atoms with Gasteiger partial charge in [0.05, 0.1) is 4.90 Å². The van der Waals surface area contributed by atoms with Gasteiger partial charge in [-0.15, -0.1) is 0 Å². The molecule has 0 aromatic heterocycles. The topological polar surface area (TPSA) is 75.4 Å². The molecule has 6 heteroatoms. The third-order valence-corrected chi connectivity index (χ3v) is 3.83. The number of nitrogens with two attached hydrogens (primary N) is 1. The summed E-state index contributed by atoms with van der Waals surface area (Å²) in [7, 11) is -3.59. The van der Waals surface area contributed by atoms with Gasteiger partial charge in [0.1, 0.15) is 0 Å². The van der Waals surface area contributed by atoms with E-state index in [4.69, 9.17) is 5.14 Å². The van der Waals surface area contributed by atoms with Crippen molar-refractivity contribution in [2.45, 2.75) is 17.9 Å². The van der Waals surface area contributed by atoms with Gasteiger partial charge in [-0.25, -0.2) is 13.6 Å². The van der Waals surface area contributed by atoms with Crippen LogP contribution in [0.4, 0.5) is 5.69 Å². The highest BCUT2D eigenvalue weighted by atomic mass is 32.2. The maximum atomic E-state index is 11.1. The number of hydrogen-bond acceptors (Lipinski definition) is 4. The van der Waals surface area contributed by atoms with Crippen LogP contribution in [0.5, 0.6) is 0 Å². The molecule has 3 N–H and O–H groups in total. The van der Waals surface area contributed by atoms with Crippen molar-refractivity contribution in [1.82, 2.24) is 5.32 Å². The van der Waals surface area contributed by atoms with Crippen LogP contribution in [0.25, 0.3) is 0 Å². The number of sulfonamides is 1. The highest BCUT2D eigenvalue weighted by Crippen LogP contribution is 2.18. The first-order chi connectivity index (χ1) is 7.97. The van der Waals surface area contributed by atoms with Crippen molar-refractivity contribution in [3.63, 3.8) is 0 Å². The molecule has 1 aliphatic rings. The van der Waals surface area contributed by atoms with Gasteiger partial charge in [-0.2, -0.15) is 0 Å². The third-order valence-electron chi connectivity index (χ3n) is 2.90. The molecule has 2 rings (SSSR count). The van der Waals surface area contributed by atoms with Crippen molar-refractivity contribution in [3.05, 3.63) is 24.3 Å². The van der Waals surface area contributed by atoms with Gasteiger partial charge >= 0.3 is 0 Å². The van der Waals surface area contributed by atoms with Crippen LogP contribution in [0, 0.1) is 0 Å². The Morgan fingerprint density at radius 1 is 1.35 bits per heavy atom. The number of nitrogens with zero attached hydrogens (tertiary/aromatic N) is 1. The second-order valence-electron chi connectivity index (χ2n) is 4.34.